The molecule has 16 heavy (non-hydrogen) atoms. The molecule has 1 saturated carbocycles. The first-order valence-corrected chi connectivity index (χ1v) is 6.33. The van der Waals surface area contributed by atoms with Gasteiger partial charge in [0.2, 0.25) is 0 Å². The molecule has 0 aromatic carbocycles. The topological polar surface area (TPSA) is 35.3 Å². The molecule has 1 heterocycles. The van der Waals surface area contributed by atoms with Crippen molar-refractivity contribution in [2.24, 2.45) is 0 Å². The highest BCUT2D eigenvalue weighted by Crippen LogP contribution is 2.34. The van der Waals surface area contributed by atoms with Gasteiger partial charge in [0.05, 0.1) is 17.7 Å². The van der Waals surface area contributed by atoms with Crippen LogP contribution in [0.2, 0.25) is 0 Å². The van der Waals surface area contributed by atoms with Crippen molar-refractivity contribution in [3.8, 4) is 0 Å². The summed E-state index contributed by atoms with van der Waals surface area (Å²) in [7, 11) is 1.78. The molecule has 0 unspecified atom stereocenters. The van der Waals surface area contributed by atoms with Gasteiger partial charge in [0.25, 0.3) is 0 Å². The second-order valence-electron chi connectivity index (χ2n) is 4.40. The number of hydrogen-bond donors (Lipinski definition) is 0. The van der Waals surface area contributed by atoms with Crippen LogP contribution in [0.4, 0.5) is 0 Å². The number of aryl methyl sites for hydroxylation is 1. The highest BCUT2D eigenvalue weighted by atomic mass is 35.5. The van der Waals surface area contributed by atoms with Gasteiger partial charge in [-0.2, -0.15) is 0 Å². The second kappa shape index (κ2) is 5.19. The van der Waals surface area contributed by atoms with Crippen LogP contribution in [0.5, 0.6) is 0 Å². The van der Waals surface area contributed by atoms with Crippen LogP contribution >= 0.6 is 11.6 Å². The van der Waals surface area contributed by atoms with Crippen molar-refractivity contribution in [1.82, 2.24) is 4.98 Å². The lowest BCUT2D eigenvalue weighted by atomic mass is 9.87. The third kappa shape index (κ3) is 2.41. The second-order valence-corrected chi connectivity index (χ2v) is 4.67. The van der Waals surface area contributed by atoms with E-state index in [1.165, 1.54) is 0 Å². The quantitative estimate of drug-likeness (QED) is 0.764. The summed E-state index contributed by atoms with van der Waals surface area (Å²) < 4.78 is 11.0. The van der Waals surface area contributed by atoms with Crippen LogP contribution < -0.4 is 0 Å². The van der Waals surface area contributed by atoms with E-state index >= 15 is 0 Å². The maximum absolute atomic E-state index is 5.78. The Kier molecular flexibility index (Phi) is 3.87. The van der Waals surface area contributed by atoms with E-state index < -0.39 is 0 Å². The van der Waals surface area contributed by atoms with Gasteiger partial charge in [-0.1, -0.05) is 0 Å². The Morgan fingerprint density at radius 2 is 2.06 bits per heavy atom. The fourth-order valence-electron chi connectivity index (χ4n) is 2.29. The average molecular weight is 244 g/mol. The summed E-state index contributed by atoms with van der Waals surface area (Å²) in [6.07, 6.45) is 4.80. The Hall–Kier alpha value is -0.540. The molecule has 1 fully saturated rings. The number of oxazole rings is 1. The molecule has 1 aromatic heterocycles. The van der Waals surface area contributed by atoms with E-state index in [0.717, 1.165) is 43.0 Å². The molecule has 1 aliphatic carbocycles. The van der Waals surface area contributed by atoms with Gasteiger partial charge in [0.15, 0.2) is 5.89 Å². The van der Waals surface area contributed by atoms with Crippen molar-refractivity contribution >= 4 is 11.6 Å². The molecule has 0 radical (unpaired) electrons. The minimum Gasteiger partial charge on any atom is -0.444 e. The van der Waals surface area contributed by atoms with E-state index in [1.807, 2.05) is 6.92 Å². The fourth-order valence-corrected chi connectivity index (χ4v) is 2.54. The van der Waals surface area contributed by atoms with Gasteiger partial charge in [0, 0.05) is 13.0 Å². The Morgan fingerprint density at radius 1 is 1.38 bits per heavy atom. The summed E-state index contributed by atoms with van der Waals surface area (Å²) in [6, 6.07) is 0. The third-order valence-electron chi connectivity index (χ3n) is 3.39. The molecular weight excluding hydrogens is 226 g/mol. The Balaban J connectivity index is 2.02. The smallest absolute Gasteiger partial charge is 0.197 e. The first-order valence-electron chi connectivity index (χ1n) is 5.79. The normalized spacial score (nSPS) is 25.9. The zero-order valence-electron chi connectivity index (χ0n) is 9.83. The van der Waals surface area contributed by atoms with Crippen molar-refractivity contribution in [1.29, 1.82) is 0 Å². The van der Waals surface area contributed by atoms with Crippen LogP contribution in [0.15, 0.2) is 4.42 Å². The number of ether oxygens (including phenoxy) is 1. The molecule has 3 nitrogen and oxygen atoms in total. The van der Waals surface area contributed by atoms with Gasteiger partial charge in [-0.05, 0) is 32.6 Å². The zero-order valence-corrected chi connectivity index (χ0v) is 10.6. The highest BCUT2D eigenvalue weighted by molar-refractivity contribution is 6.16. The lowest BCUT2D eigenvalue weighted by molar-refractivity contribution is 0.0632. The molecular formula is C12H18ClNO2. The van der Waals surface area contributed by atoms with Crippen molar-refractivity contribution in [2.75, 3.05) is 7.11 Å². The lowest BCUT2D eigenvalue weighted by Gasteiger charge is -2.25. The maximum Gasteiger partial charge on any atom is 0.197 e. The predicted octanol–water partition coefficient (Wildman–Crippen LogP) is 3.39. The van der Waals surface area contributed by atoms with Crippen molar-refractivity contribution in [3.63, 3.8) is 0 Å². The zero-order chi connectivity index (χ0) is 11.5. The number of rotatable bonds is 3. The van der Waals surface area contributed by atoms with Crippen LogP contribution in [0.3, 0.4) is 0 Å². The van der Waals surface area contributed by atoms with Crippen LogP contribution in [0.25, 0.3) is 0 Å². The molecule has 0 aliphatic heterocycles. The van der Waals surface area contributed by atoms with E-state index in [1.54, 1.807) is 7.11 Å². The molecule has 0 amide bonds. The monoisotopic (exact) mass is 243 g/mol. The summed E-state index contributed by atoms with van der Waals surface area (Å²) in [5.41, 5.74) is 0.930. The van der Waals surface area contributed by atoms with E-state index in [-0.39, 0.29) is 0 Å². The predicted molar refractivity (Wildman–Crippen MR) is 62.8 cm³/mol. The maximum atomic E-state index is 5.78. The van der Waals surface area contributed by atoms with E-state index in [4.69, 9.17) is 20.8 Å². The summed E-state index contributed by atoms with van der Waals surface area (Å²) in [4.78, 5) is 4.46. The van der Waals surface area contributed by atoms with Crippen LogP contribution in [0, 0.1) is 6.92 Å². The first kappa shape index (κ1) is 11.9. The van der Waals surface area contributed by atoms with Crippen LogP contribution in [-0.2, 0) is 10.6 Å². The van der Waals surface area contributed by atoms with Gasteiger partial charge >= 0.3 is 0 Å². The summed E-state index contributed by atoms with van der Waals surface area (Å²) in [5, 5.41) is 0. The van der Waals surface area contributed by atoms with Crippen LogP contribution in [0.1, 0.15) is 48.9 Å². The van der Waals surface area contributed by atoms with Crippen LogP contribution in [-0.4, -0.2) is 18.2 Å². The third-order valence-corrected chi connectivity index (χ3v) is 3.63. The molecule has 90 valence electrons. The average Bonchev–Trinajstić information content (AvgIpc) is 2.71. The number of aromatic nitrogens is 1. The van der Waals surface area contributed by atoms with E-state index in [9.17, 15) is 0 Å². The molecule has 0 N–H and O–H groups in total. The molecule has 0 atom stereocenters. The van der Waals surface area contributed by atoms with Crippen molar-refractivity contribution in [3.05, 3.63) is 17.3 Å². The van der Waals surface area contributed by atoms with Gasteiger partial charge in [-0.15, -0.1) is 11.6 Å². The SMILES string of the molecule is CO[C@H]1CC[C@H](c2nc(C)c(CCl)o2)CC1. The minimum absolute atomic E-state index is 0.409. The van der Waals surface area contributed by atoms with E-state index in [0.29, 0.717) is 17.9 Å². The summed E-state index contributed by atoms with van der Waals surface area (Å²) >= 11 is 5.78. The molecule has 0 saturated heterocycles. The number of alkyl halides is 1. The standard InChI is InChI=1S/C12H18ClNO2/c1-8-11(7-13)16-12(14-8)9-3-5-10(15-2)6-4-9/h9-10H,3-7H2,1-2H3/t9-,10-. The molecule has 2 rings (SSSR count). The molecule has 0 spiro atoms. The number of nitrogens with zero attached hydrogens (tertiary/aromatic N) is 1. The number of halogens is 1. The molecule has 1 aromatic rings. The number of methoxy groups -OCH3 is 1. The molecule has 0 bridgehead atoms. The number of hydrogen-bond acceptors (Lipinski definition) is 3. The summed E-state index contributed by atoms with van der Waals surface area (Å²) in [5.74, 6) is 2.53. The minimum atomic E-state index is 0.409. The first-order chi connectivity index (χ1) is 7.74. The van der Waals surface area contributed by atoms with Gasteiger partial charge in [0.1, 0.15) is 5.76 Å². The fraction of sp³-hybridized carbons (Fsp3) is 0.750. The lowest BCUT2D eigenvalue weighted by Crippen LogP contribution is -2.19. The molecule has 1 aliphatic rings. The van der Waals surface area contributed by atoms with E-state index in [2.05, 4.69) is 4.98 Å². The largest absolute Gasteiger partial charge is 0.444 e. The highest BCUT2D eigenvalue weighted by Gasteiger charge is 2.26. The van der Waals surface area contributed by atoms with Gasteiger partial charge in [-0.3, -0.25) is 0 Å². The van der Waals surface area contributed by atoms with Crippen molar-refractivity contribution in [2.45, 2.75) is 50.5 Å². The Bertz CT molecular complexity index is 343. The Morgan fingerprint density at radius 3 is 2.56 bits per heavy atom. The van der Waals surface area contributed by atoms with Gasteiger partial charge < -0.3 is 9.15 Å². The van der Waals surface area contributed by atoms with Crippen molar-refractivity contribution < 1.29 is 9.15 Å². The molecule has 4 heteroatoms. The summed E-state index contributed by atoms with van der Waals surface area (Å²) in [6.45, 7) is 1.95. The Labute approximate surface area is 101 Å². The van der Waals surface area contributed by atoms with Gasteiger partial charge in [-0.25, -0.2) is 4.98 Å².